The number of hydrogen-bond donors (Lipinski definition) is 1. The van der Waals surface area contributed by atoms with Crippen LogP contribution in [0.1, 0.15) is 31.0 Å². The Labute approximate surface area is 210 Å². The highest BCUT2D eigenvalue weighted by atomic mass is 32.2. The normalized spacial score (nSPS) is 15.0. The predicted octanol–water partition coefficient (Wildman–Crippen LogP) is 4.38. The number of nitrogens with one attached hydrogen (secondary N) is 1. The Hall–Kier alpha value is -3.57. The summed E-state index contributed by atoms with van der Waals surface area (Å²) in [7, 11) is 0. The molecule has 0 amide bonds. The van der Waals surface area contributed by atoms with E-state index < -0.39 is 12.0 Å². The van der Waals surface area contributed by atoms with Crippen LogP contribution in [0.25, 0.3) is 10.6 Å². The number of thioether (sulfide) groups is 1. The molecule has 1 unspecified atom stereocenters. The predicted molar refractivity (Wildman–Crippen MR) is 135 cm³/mol. The second-order valence-corrected chi connectivity index (χ2v) is 9.91. The second-order valence-electron chi connectivity index (χ2n) is 7.71. The van der Waals surface area contributed by atoms with Crippen molar-refractivity contribution in [2.24, 2.45) is 0 Å². The van der Waals surface area contributed by atoms with Crippen molar-refractivity contribution in [3.63, 3.8) is 0 Å². The second kappa shape index (κ2) is 10.4. The third kappa shape index (κ3) is 4.82. The van der Waals surface area contributed by atoms with Crippen LogP contribution in [-0.2, 0) is 16.0 Å². The number of fused-ring (bicyclic) bond motifs is 1. The Morgan fingerprint density at radius 2 is 1.89 bits per heavy atom. The van der Waals surface area contributed by atoms with E-state index in [-0.39, 0.29) is 6.61 Å². The highest BCUT2D eigenvalue weighted by molar-refractivity contribution is 8.01. The topological polar surface area (TPSA) is 108 Å². The van der Waals surface area contributed by atoms with E-state index in [9.17, 15) is 4.79 Å². The summed E-state index contributed by atoms with van der Waals surface area (Å²) in [6, 6.07) is 17.6. The zero-order valence-electron chi connectivity index (χ0n) is 19.2. The van der Waals surface area contributed by atoms with Gasteiger partial charge in [-0.15, -0.1) is 10.2 Å². The first-order valence-corrected chi connectivity index (χ1v) is 13.0. The number of benzene rings is 2. The molecule has 0 spiro atoms. The van der Waals surface area contributed by atoms with Crippen molar-refractivity contribution < 1.29 is 9.53 Å². The lowest BCUT2D eigenvalue weighted by molar-refractivity contribution is -0.139. The minimum atomic E-state index is -0.504. The summed E-state index contributed by atoms with van der Waals surface area (Å²) in [5.41, 5.74) is 4.31. The maximum atomic E-state index is 13.2. The third-order valence-electron chi connectivity index (χ3n) is 5.56. The van der Waals surface area contributed by atoms with Crippen molar-refractivity contribution in [1.82, 2.24) is 30.4 Å². The molecule has 1 atom stereocenters. The van der Waals surface area contributed by atoms with E-state index in [0.717, 1.165) is 26.9 Å². The number of rotatable bonds is 8. The number of aryl methyl sites for hydroxylation is 1. The first-order chi connectivity index (χ1) is 17.2. The number of hydrogen-bond acceptors (Lipinski definition) is 10. The van der Waals surface area contributed by atoms with E-state index in [1.54, 1.807) is 11.6 Å². The molecule has 0 saturated heterocycles. The van der Waals surface area contributed by atoms with Gasteiger partial charge in [-0.2, -0.15) is 4.68 Å². The van der Waals surface area contributed by atoms with Gasteiger partial charge in [0, 0.05) is 17.0 Å². The van der Waals surface area contributed by atoms with E-state index in [2.05, 4.69) is 50.1 Å². The average molecular weight is 506 g/mol. The Bertz CT molecular complexity index is 1350. The van der Waals surface area contributed by atoms with Gasteiger partial charge in [-0.3, -0.25) is 0 Å². The van der Waals surface area contributed by atoms with Gasteiger partial charge in [-0.1, -0.05) is 89.7 Å². The molecule has 2 aromatic heterocycles. The lowest BCUT2D eigenvalue weighted by atomic mass is 9.94. The van der Waals surface area contributed by atoms with Crippen molar-refractivity contribution in [2.45, 2.75) is 30.6 Å². The maximum Gasteiger partial charge on any atom is 0.338 e. The Morgan fingerprint density at radius 1 is 1.09 bits per heavy atom. The van der Waals surface area contributed by atoms with Crippen LogP contribution in [0.2, 0.25) is 0 Å². The Kier molecular flexibility index (Phi) is 6.87. The fourth-order valence-corrected chi connectivity index (χ4v) is 5.67. The van der Waals surface area contributed by atoms with E-state index >= 15 is 0 Å². The molecule has 35 heavy (non-hydrogen) atoms. The number of nitrogens with zero attached hydrogens (tertiary/aromatic N) is 6. The average Bonchev–Trinajstić information content (AvgIpc) is 3.57. The molecule has 0 fully saturated rings. The molecular formula is C24H23N7O2S2. The van der Waals surface area contributed by atoms with Crippen LogP contribution in [0.4, 0.5) is 5.95 Å². The van der Waals surface area contributed by atoms with Gasteiger partial charge < -0.3 is 10.1 Å². The van der Waals surface area contributed by atoms with E-state index in [0.29, 0.717) is 23.0 Å². The molecular weight excluding hydrogens is 482 g/mol. The van der Waals surface area contributed by atoms with Crippen LogP contribution in [0.5, 0.6) is 0 Å². The van der Waals surface area contributed by atoms with Crippen molar-refractivity contribution >= 4 is 35.0 Å². The van der Waals surface area contributed by atoms with Gasteiger partial charge in [0.1, 0.15) is 11.0 Å². The van der Waals surface area contributed by atoms with E-state index in [4.69, 9.17) is 4.74 Å². The molecule has 9 nitrogen and oxygen atoms in total. The fourth-order valence-electron chi connectivity index (χ4n) is 3.84. The van der Waals surface area contributed by atoms with E-state index in [1.807, 2.05) is 42.5 Å². The number of carbonyl (C=O) groups is 1. The lowest BCUT2D eigenvalue weighted by Gasteiger charge is -2.28. The Morgan fingerprint density at radius 3 is 2.63 bits per heavy atom. The molecule has 5 rings (SSSR count). The van der Waals surface area contributed by atoms with Crippen molar-refractivity contribution in [3.05, 3.63) is 77.0 Å². The summed E-state index contributed by atoms with van der Waals surface area (Å²) in [6.45, 7) is 4.17. The number of tetrazole rings is 1. The molecule has 178 valence electrons. The van der Waals surface area contributed by atoms with Crippen molar-refractivity contribution in [1.29, 1.82) is 0 Å². The van der Waals surface area contributed by atoms with Crippen LogP contribution >= 0.6 is 23.1 Å². The molecule has 1 aliphatic heterocycles. The highest BCUT2D eigenvalue weighted by Gasteiger charge is 2.36. The molecule has 1 aliphatic rings. The van der Waals surface area contributed by atoms with Gasteiger partial charge in [0.15, 0.2) is 4.34 Å². The fraction of sp³-hybridized carbons (Fsp3) is 0.250. The van der Waals surface area contributed by atoms with Crippen LogP contribution in [-0.4, -0.2) is 48.7 Å². The minimum absolute atomic E-state index is 0.267. The number of esters is 1. The molecule has 2 aromatic carbocycles. The molecule has 0 aliphatic carbocycles. The summed E-state index contributed by atoms with van der Waals surface area (Å²) in [5, 5.41) is 24.9. The zero-order valence-corrected chi connectivity index (χ0v) is 20.8. The number of carbonyl (C=O) groups excluding carboxylic acids is 1. The smallest absolute Gasteiger partial charge is 0.338 e. The summed E-state index contributed by atoms with van der Waals surface area (Å²) >= 11 is 3.01. The molecule has 0 saturated carbocycles. The molecule has 1 N–H and O–H groups in total. The van der Waals surface area contributed by atoms with E-state index in [1.165, 1.54) is 28.7 Å². The van der Waals surface area contributed by atoms with Gasteiger partial charge in [-0.05, 0) is 34.9 Å². The highest BCUT2D eigenvalue weighted by Crippen LogP contribution is 2.38. The number of anilines is 1. The van der Waals surface area contributed by atoms with Crippen LogP contribution in [0.3, 0.4) is 0 Å². The lowest BCUT2D eigenvalue weighted by Crippen LogP contribution is -2.31. The first-order valence-electron chi connectivity index (χ1n) is 11.2. The zero-order chi connectivity index (χ0) is 24.2. The Balaban J connectivity index is 1.49. The van der Waals surface area contributed by atoms with Crippen LogP contribution in [0.15, 0.2) is 70.2 Å². The molecule has 3 heterocycles. The summed E-state index contributed by atoms with van der Waals surface area (Å²) < 4.78 is 7.89. The van der Waals surface area contributed by atoms with Crippen LogP contribution in [0, 0.1) is 0 Å². The standard InChI is InChI=1S/C24H23N7O2S2/c1-3-15-10-12-16(13-11-15)20-19(22(32)33-4-2)18(25-23-27-29-30-31(20)23)14-34-24-28-26-21(35-24)17-8-6-5-7-9-17/h5-13,20H,3-4,14H2,1-2H3,(H,25,27,30). The molecule has 0 radical (unpaired) electrons. The third-order valence-corrected chi connectivity index (χ3v) is 7.70. The van der Waals surface area contributed by atoms with Crippen molar-refractivity contribution in [2.75, 3.05) is 17.7 Å². The summed E-state index contributed by atoms with van der Waals surface area (Å²) in [5.74, 6) is 0.526. The summed E-state index contributed by atoms with van der Waals surface area (Å²) in [4.78, 5) is 13.2. The largest absolute Gasteiger partial charge is 0.463 e. The monoisotopic (exact) mass is 505 g/mol. The van der Waals surface area contributed by atoms with Crippen LogP contribution < -0.4 is 5.32 Å². The molecule has 4 aromatic rings. The first kappa shape index (κ1) is 23.2. The van der Waals surface area contributed by atoms with Gasteiger partial charge in [0.2, 0.25) is 5.95 Å². The number of ether oxygens (including phenoxy) is 1. The minimum Gasteiger partial charge on any atom is -0.463 e. The van der Waals surface area contributed by atoms with Crippen molar-refractivity contribution in [3.8, 4) is 10.6 Å². The SMILES string of the molecule is CCOC(=O)C1=C(CSc2nnc(-c3ccccc3)s2)Nc2nnnn2C1c1ccc(CC)cc1. The van der Waals surface area contributed by atoms with Gasteiger partial charge in [-0.25, -0.2) is 4.79 Å². The van der Waals surface area contributed by atoms with Gasteiger partial charge in [0.05, 0.1) is 12.2 Å². The molecule has 0 bridgehead atoms. The van der Waals surface area contributed by atoms with Gasteiger partial charge >= 0.3 is 5.97 Å². The summed E-state index contributed by atoms with van der Waals surface area (Å²) in [6.07, 6.45) is 0.928. The molecule has 11 heteroatoms. The maximum absolute atomic E-state index is 13.2. The van der Waals surface area contributed by atoms with Gasteiger partial charge in [0.25, 0.3) is 0 Å². The number of aromatic nitrogens is 6. The quantitative estimate of drug-likeness (QED) is 0.276.